The van der Waals surface area contributed by atoms with E-state index < -0.39 is 0 Å². The highest BCUT2D eigenvalue weighted by atomic mass is 16.5. The monoisotopic (exact) mass is 390 g/mol. The van der Waals surface area contributed by atoms with E-state index in [0.29, 0.717) is 34.0 Å². The van der Waals surface area contributed by atoms with Gasteiger partial charge in [0.2, 0.25) is 0 Å². The molecule has 0 heterocycles. The van der Waals surface area contributed by atoms with Crippen molar-refractivity contribution < 1.29 is 19.1 Å². The Hall–Kier alpha value is -3.80. The maximum absolute atomic E-state index is 12.5. The number of hydrogen-bond donors (Lipinski definition) is 2. The summed E-state index contributed by atoms with van der Waals surface area (Å²) in [5.41, 5.74) is 3.31. The summed E-state index contributed by atoms with van der Waals surface area (Å²) >= 11 is 0. The largest absolute Gasteiger partial charge is 0.493 e. The van der Waals surface area contributed by atoms with Crippen molar-refractivity contribution >= 4 is 23.2 Å². The zero-order valence-corrected chi connectivity index (χ0v) is 16.5. The van der Waals surface area contributed by atoms with Gasteiger partial charge in [-0.3, -0.25) is 9.59 Å². The van der Waals surface area contributed by atoms with E-state index in [1.54, 1.807) is 48.5 Å². The van der Waals surface area contributed by atoms with Crippen molar-refractivity contribution in [2.75, 3.05) is 24.9 Å². The highest BCUT2D eigenvalue weighted by molar-refractivity contribution is 6.06. The lowest BCUT2D eigenvalue weighted by molar-refractivity contribution is 0.101. The van der Waals surface area contributed by atoms with E-state index in [0.717, 1.165) is 5.56 Å². The number of aryl methyl sites for hydroxylation is 1. The summed E-state index contributed by atoms with van der Waals surface area (Å²) in [7, 11) is 3.06. The van der Waals surface area contributed by atoms with Crippen LogP contribution in [0.1, 0.15) is 26.3 Å². The molecule has 0 atom stereocenters. The number of hydrogen-bond acceptors (Lipinski definition) is 4. The van der Waals surface area contributed by atoms with E-state index >= 15 is 0 Å². The number of carbonyl (C=O) groups excluding carboxylic acids is 2. The Morgan fingerprint density at radius 3 is 1.76 bits per heavy atom. The number of rotatable bonds is 6. The van der Waals surface area contributed by atoms with Crippen LogP contribution in [-0.4, -0.2) is 26.0 Å². The van der Waals surface area contributed by atoms with Crippen LogP contribution in [0.3, 0.4) is 0 Å². The van der Waals surface area contributed by atoms with Gasteiger partial charge < -0.3 is 20.1 Å². The van der Waals surface area contributed by atoms with Crippen molar-refractivity contribution in [1.82, 2.24) is 0 Å². The van der Waals surface area contributed by atoms with E-state index in [-0.39, 0.29) is 11.8 Å². The summed E-state index contributed by atoms with van der Waals surface area (Å²) in [6.45, 7) is 1.94. The van der Waals surface area contributed by atoms with Crippen molar-refractivity contribution in [3.05, 3.63) is 83.4 Å². The molecule has 0 saturated heterocycles. The summed E-state index contributed by atoms with van der Waals surface area (Å²) in [4.78, 5) is 24.8. The average Bonchev–Trinajstić information content (AvgIpc) is 2.74. The molecule has 3 rings (SSSR count). The Bertz CT molecular complexity index is 1030. The van der Waals surface area contributed by atoms with Gasteiger partial charge in [-0.25, -0.2) is 0 Å². The first kappa shape index (κ1) is 19.9. The van der Waals surface area contributed by atoms with Crippen LogP contribution in [0.25, 0.3) is 0 Å². The fraction of sp³-hybridized carbons (Fsp3) is 0.130. The number of nitrogens with one attached hydrogen (secondary N) is 2. The molecule has 0 bridgehead atoms. The first-order valence-electron chi connectivity index (χ1n) is 9.01. The lowest BCUT2D eigenvalue weighted by atomic mass is 10.1. The molecule has 0 saturated carbocycles. The topological polar surface area (TPSA) is 76.7 Å². The third-order valence-electron chi connectivity index (χ3n) is 4.33. The molecule has 0 aromatic heterocycles. The average molecular weight is 390 g/mol. The number of amides is 2. The molecule has 29 heavy (non-hydrogen) atoms. The molecule has 2 N–H and O–H groups in total. The van der Waals surface area contributed by atoms with Gasteiger partial charge in [0.05, 0.1) is 14.2 Å². The van der Waals surface area contributed by atoms with Crippen LogP contribution in [0.2, 0.25) is 0 Å². The van der Waals surface area contributed by atoms with Gasteiger partial charge in [-0.05, 0) is 61.5 Å². The molecule has 0 spiro atoms. The van der Waals surface area contributed by atoms with Crippen LogP contribution in [0.4, 0.5) is 11.4 Å². The SMILES string of the molecule is COc1ccc(C(=O)Nc2ccc(NC(=O)c3cccc(C)c3)cc2)cc1OC. The highest BCUT2D eigenvalue weighted by Crippen LogP contribution is 2.28. The number of ether oxygens (including phenoxy) is 2. The lowest BCUT2D eigenvalue weighted by Gasteiger charge is -2.11. The van der Waals surface area contributed by atoms with Gasteiger partial charge in [0, 0.05) is 22.5 Å². The quantitative estimate of drug-likeness (QED) is 0.649. The summed E-state index contributed by atoms with van der Waals surface area (Å²) in [6, 6.07) is 19.2. The van der Waals surface area contributed by atoms with Crippen LogP contribution < -0.4 is 20.1 Å². The Morgan fingerprint density at radius 1 is 0.690 bits per heavy atom. The molecule has 0 aliphatic carbocycles. The van der Waals surface area contributed by atoms with Crippen molar-refractivity contribution in [2.24, 2.45) is 0 Å². The van der Waals surface area contributed by atoms with Gasteiger partial charge in [-0.2, -0.15) is 0 Å². The Labute approximate surface area is 169 Å². The normalized spacial score (nSPS) is 10.2. The molecule has 0 aliphatic rings. The van der Waals surface area contributed by atoms with Gasteiger partial charge in [0.1, 0.15) is 0 Å². The number of benzene rings is 3. The van der Waals surface area contributed by atoms with E-state index in [1.165, 1.54) is 14.2 Å². The van der Waals surface area contributed by atoms with Crippen LogP contribution >= 0.6 is 0 Å². The van der Waals surface area contributed by atoms with Gasteiger partial charge in [-0.1, -0.05) is 17.7 Å². The number of anilines is 2. The fourth-order valence-electron chi connectivity index (χ4n) is 2.81. The molecule has 148 valence electrons. The minimum atomic E-state index is -0.275. The number of methoxy groups -OCH3 is 2. The van der Waals surface area contributed by atoms with Crippen molar-refractivity contribution in [2.45, 2.75) is 6.92 Å². The van der Waals surface area contributed by atoms with Gasteiger partial charge >= 0.3 is 0 Å². The molecule has 3 aromatic carbocycles. The zero-order chi connectivity index (χ0) is 20.8. The van der Waals surface area contributed by atoms with Crippen molar-refractivity contribution in [3.8, 4) is 11.5 Å². The van der Waals surface area contributed by atoms with Crippen LogP contribution in [0.15, 0.2) is 66.7 Å². The summed E-state index contributed by atoms with van der Waals surface area (Å²) < 4.78 is 10.4. The smallest absolute Gasteiger partial charge is 0.255 e. The van der Waals surface area contributed by atoms with Crippen molar-refractivity contribution in [3.63, 3.8) is 0 Å². The first-order chi connectivity index (χ1) is 14.0. The maximum atomic E-state index is 12.5. The second-order valence-corrected chi connectivity index (χ2v) is 6.42. The predicted molar refractivity (Wildman–Crippen MR) is 113 cm³/mol. The van der Waals surface area contributed by atoms with E-state index in [4.69, 9.17) is 9.47 Å². The van der Waals surface area contributed by atoms with Crippen LogP contribution in [0.5, 0.6) is 11.5 Å². The molecule has 6 heteroatoms. The van der Waals surface area contributed by atoms with Crippen LogP contribution in [-0.2, 0) is 0 Å². The van der Waals surface area contributed by atoms with Gasteiger partial charge in [-0.15, -0.1) is 0 Å². The van der Waals surface area contributed by atoms with E-state index in [2.05, 4.69) is 10.6 Å². The van der Waals surface area contributed by atoms with Gasteiger partial charge in [0.15, 0.2) is 11.5 Å². The summed E-state index contributed by atoms with van der Waals surface area (Å²) in [5, 5.41) is 5.66. The minimum Gasteiger partial charge on any atom is -0.493 e. The van der Waals surface area contributed by atoms with Crippen molar-refractivity contribution in [1.29, 1.82) is 0 Å². The molecule has 0 aliphatic heterocycles. The Morgan fingerprint density at radius 2 is 1.24 bits per heavy atom. The number of carbonyl (C=O) groups is 2. The lowest BCUT2D eigenvalue weighted by Crippen LogP contribution is -2.13. The van der Waals surface area contributed by atoms with E-state index in [1.807, 2.05) is 25.1 Å². The predicted octanol–water partition coefficient (Wildman–Crippen LogP) is 4.52. The molecular formula is C23H22N2O4. The first-order valence-corrected chi connectivity index (χ1v) is 9.01. The molecule has 3 aromatic rings. The Balaban J connectivity index is 1.66. The minimum absolute atomic E-state index is 0.184. The third-order valence-corrected chi connectivity index (χ3v) is 4.33. The second-order valence-electron chi connectivity index (χ2n) is 6.42. The molecule has 0 unspecified atom stereocenters. The highest BCUT2D eigenvalue weighted by Gasteiger charge is 2.11. The Kier molecular flexibility index (Phi) is 6.14. The second kappa shape index (κ2) is 8.93. The summed E-state index contributed by atoms with van der Waals surface area (Å²) in [5.74, 6) is 0.574. The standard InChI is InChI=1S/C23H22N2O4/c1-15-5-4-6-16(13-15)22(26)24-18-8-10-19(11-9-18)25-23(27)17-7-12-20(28-2)21(14-17)29-3/h4-14H,1-3H3,(H,24,26)(H,25,27). The molecule has 6 nitrogen and oxygen atoms in total. The fourth-order valence-corrected chi connectivity index (χ4v) is 2.81. The molecule has 2 amide bonds. The van der Waals surface area contributed by atoms with E-state index in [9.17, 15) is 9.59 Å². The zero-order valence-electron chi connectivity index (χ0n) is 16.5. The molecule has 0 fully saturated rings. The third kappa shape index (κ3) is 4.93. The molecule has 0 radical (unpaired) electrons. The summed E-state index contributed by atoms with van der Waals surface area (Å²) in [6.07, 6.45) is 0. The van der Waals surface area contributed by atoms with Gasteiger partial charge in [0.25, 0.3) is 11.8 Å². The maximum Gasteiger partial charge on any atom is 0.255 e. The molecular weight excluding hydrogens is 368 g/mol. The van der Waals surface area contributed by atoms with Crippen LogP contribution in [0, 0.1) is 6.92 Å².